The fourth-order valence-corrected chi connectivity index (χ4v) is 4.26. The number of imidazole rings is 1. The van der Waals surface area contributed by atoms with Gasteiger partial charge in [-0.3, -0.25) is 0 Å². The molecule has 172 valence electrons. The zero-order valence-corrected chi connectivity index (χ0v) is 19.5. The van der Waals surface area contributed by atoms with Crippen LogP contribution in [0.2, 0.25) is 0 Å². The highest BCUT2D eigenvalue weighted by atomic mass is 16.6. The third-order valence-corrected chi connectivity index (χ3v) is 5.73. The van der Waals surface area contributed by atoms with E-state index >= 15 is 0 Å². The fourth-order valence-electron chi connectivity index (χ4n) is 4.26. The van der Waals surface area contributed by atoms with Crippen molar-refractivity contribution in [1.82, 2.24) is 29.4 Å². The summed E-state index contributed by atoms with van der Waals surface area (Å²) in [5.74, 6) is 1.21. The summed E-state index contributed by atoms with van der Waals surface area (Å²) < 4.78 is 13.6. The van der Waals surface area contributed by atoms with Gasteiger partial charge in [0, 0.05) is 36.7 Å². The van der Waals surface area contributed by atoms with E-state index in [4.69, 9.17) is 14.5 Å². The quantitative estimate of drug-likeness (QED) is 0.504. The maximum absolute atomic E-state index is 12.4. The van der Waals surface area contributed by atoms with Gasteiger partial charge in [0.1, 0.15) is 23.9 Å². The van der Waals surface area contributed by atoms with Crippen molar-refractivity contribution < 1.29 is 14.3 Å². The van der Waals surface area contributed by atoms with Gasteiger partial charge in [0.05, 0.1) is 12.1 Å². The largest absolute Gasteiger partial charge is 0.471 e. The van der Waals surface area contributed by atoms with Crippen molar-refractivity contribution in [2.75, 3.05) is 13.1 Å². The molecule has 0 saturated carbocycles. The van der Waals surface area contributed by atoms with Crippen molar-refractivity contribution in [3.8, 4) is 17.3 Å². The number of para-hydroxylation sites is 1. The van der Waals surface area contributed by atoms with Crippen LogP contribution in [-0.2, 0) is 11.8 Å². The number of hydrogen-bond acceptors (Lipinski definition) is 6. The third-order valence-electron chi connectivity index (χ3n) is 5.73. The monoisotopic (exact) mass is 448 g/mol. The van der Waals surface area contributed by atoms with E-state index in [1.165, 1.54) is 6.33 Å². The first kappa shape index (κ1) is 21.2. The highest BCUT2D eigenvalue weighted by molar-refractivity contribution is 5.95. The minimum absolute atomic E-state index is 0.185. The molecular formula is C24H28N6O3. The van der Waals surface area contributed by atoms with E-state index in [9.17, 15) is 4.79 Å². The van der Waals surface area contributed by atoms with Crippen molar-refractivity contribution in [1.29, 1.82) is 0 Å². The van der Waals surface area contributed by atoms with Crippen LogP contribution in [0.5, 0.6) is 5.88 Å². The Kier molecular flexibility index (Phi) is 4.99. The van der Waals surface area contributed by atoms with Gasteiger partial charge >= 0.3 is 6.09 Å². The number of benzene rings is 1. The molecule has 33 heavy (non-hydrogen) atoms. The van der Waals surface area contributed by atoms with Crippen LogP contribution in [0, 0.1) is 6.92 Å². The average molecular weight is 449 g/mol. The standard InChI is InChI=1S/C24H28N6O3/c1-14-11-15-7-6-8-17(18(15)27-14)20-28-19-21(29(20)5)25-13-26-22(19)32-16-9-10-30(12-16)23(31)33-24(2,3)4/h6-8,11,13,16,27H,9-10,12H2,1-5H3/t16-/m0/s1. The molecule has 5 rings (SSSR count). The van der Waals surface area contributed by atoms with Gasteiger partial charge in [-0.1, -0.05) is 12.1 Å². The molecule has 1 N–H and O–H groups in total. The Morgan fingerprint density at radius 2 is 2.06 bits per heavy atom. The Labute approximate surface area is 191 Å². The summed E-state index contributed by atoms with van der Waals surface area (Å²) >= 11 is 0. The van der Waals surface area contributed by atoms with Gasteiger partial charge in [-0.25, -0.2) is 14.8 Å². The molecule has 4 heterocycles. The number of amides is 1. The number of carbonyl (C=O) groups excluding carboxylic acids is 1. The molecule has 0 unspecified atom stereocenters. The number of rotatable bonds is 3. The predicted molar refractivity (Wildman–Crippen MR) is 125 cm³/mol. The Hall–Kier alpha value is -3.62. The zero-order valence-electron chi connectivity index (χ0n) is 19.5. The van der Waals surface area contributed by atoms with Crippen molar-refractivity contribution in [2.45, 2.75) is 45.8 Å². The number of aromatic amines is 1. The fraction of sp³-hybridized carbons (Fsp3) is 0.417. The van der Waals surface area contributed by atoms with Gasteiger partial charge in [-0.15, -0.1) is 0 Å². The van der Waals surface area contributed by atoms with Crippen LogP contribution in [0.15, 0.2) is 30.6 Å². The number of ether oxygens (including phenoxy) is 2. The van der Waals surface area contributed by atoms with E-state index in [1.807, 2.05) is 51.4 Å². The molecule has 1 amide bonds. The normalized spacial score (nSPS) is 16.6. The number of likely N-dealkylation sites (tertiary alicyclic amines) is 1. The van der Waals surface area contributed by atoms with E-state index in [1.54, 1.807) is 4.90 Å². The van der Waals surface area contributed by atoms with Gasteiger partial charge < -0.3 is 23.9 Å². The summed E-state index contributed by atoms with van der Waals surface area (Å²) in [6.07, 6.45) is 1.68. The summed E-state index contributed by atoms with van der Waals surface area (Å²) in [4.78, 5) is 31.2. The molecule has 0 radical (unpaired) electrons. The summed E-state index contributed by atoms with van der Waals surface area (Å²) in [5.41, 5.74) is 3.88. The number of aromatic nitrogens is 5. The topological polar surface area (TPSA) is 98.2 Å². The second-order valence-corrected chi connectivity index (χ2v) is 9.52. The SMILES string of the molecule is Cc1cc2cccc(-c3nc4c(O[C@H]5CCN(C(=O)OC(C)(C)C)C5)ncnc4n3C)c2[nH]1. The molecule has 1 aliphatic rings. The first-order valence-electron chi connectivity index (χ1n) is 11.1. The lowest BCUT2D eigenvalue weighted by atomic mass is 10.1. The van der Waals surface area contributed by atoms with Gasteiger partial charge in [0.2, 0.25) is 5.88 Å². The number of nitrogens with one attached hydrogen (secondary N) is 1. The lowest BCUT2D eigenvalue weighted by Gasteiger charge is -2.24. The van der Waals surface area contributed by atoms with Crippen LogP contribution in [0.4, 0.5) is 4.79 Å². The zero-order chi connectivity index (χ0) is 23.3. The maximum atomic E-state index is 12.4. The molecule has 1 aromatic carbocycles. The summed E-state index contributed by atoms with van der Waals surface area (Å²) in [6.45, 7) is 8.65. The molecule has 1 saturated heterocycles. The van der Waals surface area contributed by atoms with E-state index in [2.05, 4.69) is 27.1 Å². The number of carbonyl (C=O) groups is 1. The molecule has 3 aromatic heterocycles. The molecule has 0 spiro atoms. The van der Waals surface area contributed by atoms with Crippen LogP contribution in [-0.4, -0.2) is 60.3 Å². The summed E-state index contributed by atoms with van der Waals surface area (Å²) in [7, 11) is 1.94. The minimum Gasteiger partial charge on any atom is -0.471 e. The number of hydrogen-bond donors (Lipinski definition) is 1. The highest BCUT2D eigenvalue weighted by Crippen LogP contribution is 2.32. The van der Waals surface area contributed by atoms with Gasteiger partial charge in [-0.05, 0) is 39.8 Å². The van der Waals surface area contributed by atoms with Crippen molar-refractivity contribution in [3.63, 3.8) is 0 Å². The van der Waals surface area contributed by atoms with Gasteiger partial charge in [-0.2, -0.15) is 4.98 Å². The molecule has 1 aliphatic heterocycles. The molecule has 1 atom stereocenters. The van der Waals surface area contributed by atoms with Crippen LogP contribution < -0.4 is 4.74 Å². The first-order valence-corrected chi connectivity index (χ1v) is 11.1. The van der Waals surface area contributed by atoms with Gasteiger partial charge in [0.15, 0.2) is 11.2 Å². The molecule has 4 aromatic rings. The number of nitrogens with zero attached hydrogens (tertiary/aromatic N) is 5. The minimum atomic E-state index is -0.528. The van der Waals surface area contributed by atoms with Crippen LogP contribution in [0.3, 0.4) is 0 Å². The van der Waals surface area contributed by atoms with Crippen LogP contribution in [0.1, 0.15) is 32.9 Å². The molecular weight excluding hydrogens is 420 g/mol. The smallest absolute Gasteiger partial charge is 0.410 e. The molecule has 1 fully saturated rings. The lowest BCUT2D eigenvalue weighted by Crippen LogP contribution is -2.36. The van der Waals surface area contributed by atoms with Crippen LogP contribution >= 0.6 is 0 Å². The van der Waals surface area contributed by atoms with Gasteiger partial charge in [0.25, 0.3) is 0 Å². The van der Waals surface area contributed by atoms with Crippen molar-refractivity contribution in [2.24, 2.45) is 7.05 Å². The average Bonchev–Trinajstić information content (AvgIpc) is 3.44. The Morgan fingerprint density at radius 1 is 1.24 bits per heavy atom. The highest BCUT2D eigenvalue weighted by Gasteiger charge is 2.32. The Bertz CT molecular complexity index is 1350. The second kappa shape index (κ2) is 7.75. The van der Waals surface area contributed by atoms with E-state index < -0.39 is 5.60 Å². The lowest BCUT2D eigenvalue weighted by molar-refractivity contribution is 0.0275. The van der Waals surface area contributed by atoms with E-state index in [-0.39, 0.29) is 12.2 Å². The molecule has 0 bridgehead atoms. The van der Waals surface area contributed by atoms with Crippen molar-refractivity contribution in [3.05, 3.63) is 36.3 Å². The second-order valence-electron chi connectivity index (χ2n) is 9.52. The molecule has 9 nitrogen and oxygen atoms in total. The Balaban J connectivity index is 1.43. The van der Waals surface area contributed by atoms with E-state index in [0.717, 1.165) is 28.0 Å². The molecule has 9 heteroatoms. The number of aryl methyl sites for hydroxylation is 2. The number of fused-ring (bicyclic) bond motifs is 2. The Morgan fingerprint density at radius 3 is 2.85 bits per heavy atom. The third kappa shape index (κ3) is 3.99. The van der Waals surface area contributed by atoms with Crippen LogP contribution in [0.25, 0.3) is 33.5 Å². The summed E-state index contributed by atoms with van der Waals surface area (Å²) in [5, 5.41) is 1.13. The summed E-state index contributed by atoms with van der Waals surface area (Å²) in [6, 6.07) is 8.27. The first-order chi connectivity index (χ1) is 15.7. The number of H-pyrrole nitrogens is 1. The van der Waals surface area contributed by atoms with E-state index in [0.29, 0.717) is 36.6 Å². The molecule has 0 aliphatic carbocycles. The predicted octanol–water partition coefficient (Wildman–Crippen LogP) is 4.21. The van der Waals surface area contributed by atoms with Crippen molar-refractivity contribution >= 4 is 28.2 Å². The maximum Gasteiger partial charge on any atom is 0.410 e.